The maximum absolute atomic E-state index is 13.4. The van der Waals surface area contributed by atoms with E-state index in [9.17, 15) is 8.42 Å². The molecule has 2 aliphatic rings. The molecule has 0 spiro atoms. The van der Waals surface area contributed by atoms with Crippen molar-refractivity contribution >= 4 is 27.6 Å². The number of anilines is 1. The average Bonchev–Trinajstić information content (AvgIpc) is 3.21. The van der Waals surface area contributed by atoms with E-state index < -0.39 is 26.9 Å². The van der Waals surface area contributed by atoms with Gasteiger partial charge in [0, 0.05) is 26.6 Å². The van der Waals surface area contributed by atoms with Gasteiger partial charge in [0.1, 0.15) is 17.5 Å². The first-order valence-corrected chi connectivity index (χ1v) is 12.8. The van der Waals surface area contributed by atoms with Gasteiger partial charge in [0.25, 0.3) is 0 Å². The highest BCUT2D eigenvalue weighted by Gasteiger charge is 2.50. The predicted molar refractivity (Wildman–Crippen MR) is 120 cm³/mol. The molecule has 182 valence electrons. The first-order valence-electron chi connectivity index (χ1n) is 10.8. The number of halogens is 1. The van der Waals surface area contributed by atoms with Crippen molar-refractivity contribution in [3.05, 3.63) is 29.1 Å². The molecule has 1 aliphatic heterocycles. The highest BCUT2D eigenvalue weighted by atomic mass is 35.5. The fourth-order valence-electron chi connectivity index (χ4n) is 4.24. The number of methoxy groups -OCH3 is 2. The third-order valence-electron chi connectivity index (χ3n) is 6.22. The van der Waals surface area contributed by atoms with Crippen LogP contribution in [0.4, 0.5) is 5.95 Å². The van der Waals surface area contributed by atoms with Crippen molar-refractivity contribution in [2.45, 2.75) is 68.6 Å². The number of aromatic nitrogens is 5. The third kappa shape index (κ3) is 4.85. The van der Waals surface area contributed by atoms with Gasteiger partial charge in [-0.3, -0.25) is 9.29 Å². The zero-order chi connectivity index (χ0) is 23.8. The van der Waals surface area contributed by atoms with Crippen LogP contribution in [0, 0.1) is 0 Å². The van der Waals surface area contributed by atoms with Gasteiger partial charge in [-0.1, -0.05) is 11.6 Å². The van der Waals surface area contributed by atoms with E-state index in [2.05, 4.69) is 24.9 Å². The summed E-state index contributed by atoms with van der Waals surface area (Å²) in [6, 6.07) is 0. The van der Waals surface area contributed by atoms with Crippen LogP contribution in [0.2, 0.25) is 5.02 Å². The van der Waals surface area contributed by atoms with Crippen LogP contribution in [0.3, 0.4) is 0 Å². The third-order valence-corrected chi connectivity index (χ3v) is 8.11. The molecule has 0 radical (unpaired) electrons. The van der Waals surface area contributed by atoms with E-state index in [1.165, 1.54) is 26.4 Å². The number of hydrogen-bond acceptors (Lipinski definition) is 9. The molecule has 3 heterocycles. The molecule has 1 N–H and O–H groups in total. The number of nitrogens with one attached hydrogen (secondary N) is 1. The standard InChI is InChI=1S/C20H29ClN6O5S/c1-12-5-6-15(32-12)18-24-25-19(27(18)20(7-8-20)11-30-3)26-33(28,29)13(2)16(31-4)17-22-9-14(21)10-23-17/h9-10,12-13,15-16H,5-8,11H2,1-4H3,(H,25,26)/t12-,13?,15-,16?/m0/s1. The smallest absolute Gasteiger partial charge is 0.240 e. The van der Waals surface area contributed by atoms with Crippen LogP contribution < -0.4 is 4.72 Å². The van der Waals surface area contributed by atoms with Gasteiger partial charge in [0.05, 0.1) is 23.3 Å². The summed E-state index contributed by atoms with van der Waals surface area (Å²) in [4.78, 5) is 8.24. The molecule has 1 aliphatic carbocycles. The summed E-state index contributed by atoms with van der Waals surface area (Å²) in [5, 5.41) is 7.86. The van der Waals surface area contributed by atoms with Crippen molar-refractivity contribution in [1.29, 1.82) is 0 Å². The van der Waals surface area contributed by atoms with Crippen molar-refractivity contribution in [3.63, 3.8) is 0 Å². The Morgan fingerprint density at radius 1 is 1.27 bits per heavy atom. The van der Waals surface area contributed by atoms with Gasteiger partial charge in [0.2, 0.25) is 16.0 Å². The van der Waals surface area contributed by atoms with E-state index in [0.29, 0.717) is 17.5 Å². The summed E-state index contributed by atoms with van der Waals surface area (Å²) in [5.41, 5.74) is -0.399. The van der Waals surface area contributed by atoms with Crippen LogP contribution >= 0.6 is 11.6 Å². The molecule has 0 bridgehead atoms. The van der Waals surface area contributed by atoms with Crippen molar-refractivity contribution in [2.24, 2.45) is 0 Å². The van der Waals surface area contributed by atoms with E-state index in [1.807, 2.05) is 11.5 Å². The van der Waals surface area contributed by atoms with E-state index in [4.69, 9.17) is 25.8 Å². The van der Waals surface area contributed by atoms with Crippen LogP contribution in [-0.2, 0) is 29.8 Å². The first kappa shape index (κ1) is 24.3. The molecule has 13 heteroatoms. The van der Waals surface area contributed by atoms with Gasteiger partial charge in [-0.25, -0.2) is 18.4 Å². The van der Waals surface area contributed by atoms with E-state index >= 15 is 0 Å². The second-order valence-electron chi connectivity index (χ2n) is 8.66. The van der Waals surface area contributed by atoms with Crippen LogP contribution in [-0.4, -0.2) is 65.3 Å². The minimum atomic E-state index is -3.97. The Balaban J connectivity index is 1.65. The van der Waals surface area contributed by atoms with Crippen molar-refractivity contribution in [1.82, 2.24) is 24.7 Å². The number of sulfonamides is 1. The maximum atomic E-state index is 13.4. The summed E-state index contributed by atoms with van der Waals surface area (Å²) in [7, 11) is -0.934. The molecule has 1 saturated heterocycles. The topological polar surface area (TPSA) is 130 Å². The molecule has 4 rings (SSSR count). The van der Waals surface area contributed by atoms with Crippen molar-refractivity contribution in [3.8, 4) is 0 Å². The number of ether oxygens (including phenoxy) is 3. The maximum Gasteiger partial charge on any atom is 0.240 e. The Hall–Kier alpha value is -1.86. The van der Waals surface area contributed by atoms with Crippen molar-refractivity contribution < 1.29 is 22.6 Å². The summed E-state index contributed by atoms with van der Waals surface area (Å²) < 4.78 is 48.1. The highest BCUT2D eigenvalue weighted by Crippen LogP contribution is 2.48. The second-order valence-corrected chi connectivity index (χ2v) is 11.1. The molecule has 33 heavy (non-hydrogen) atoms. The van der Waals surface area contributed by atoms with Crippen LogP contribution in [0.1, 0.15) is 63.4 Å². The zero-order valence-corrected chi connectivity index (χ0v) is 20.6. The molecule has 0 aromatic carbocycles. The Labute approximate surface area is 198 Å². The van der Waals surface area contributed by atoms with E-state index in [-0.39, 0.29) is 24.0 Å². The minimum Gasteiger partial charge on any atom is -0.382 e. The Morgan fingerprint density at radius 2 is 1.97 bits per heavy atom. The highest BCUT2D eigenvalue weighted by molar-refractivity contribution is 7.93. The fourth-order valence-corrected chi connectivity index (χ4v) is 5.46. The van der Waals surface area contributed by atoms with Crippen LogP contribution in [0.25, 0.3) is 0 Å². The molecule has 11 nitrogen and oxygen atoms in total. The summed E-state index contributed by atoms with van der Waals surface area (Å²) in [6.45, 7) is 3.96. The molecular formula is C20H29ClN6O5S. The van der Waals surface area contributed by atoms with Gasteiger partial charge < -0.3 is 14.2 Å². The SMILES string of the molecule is COCC1(n2c(NS(=O)(=O)C(C)C(OC)c3ncc(Cl)cn3)nnc2[C@@H]2CC[C@H](C)O2)CC1. The quantitative estimate of drug-likeness (QED) is 0.522. The van der Waals surface area contributed by atoms with Gasteiger partial charge in [-0.05, 0) is 39.5 Å². The molecule has 0 amide bonds. The lowest BCUT2D eigenvalue weighted by atomic mass is 10.2. The first-order chi connectivity index (χ1) is 15.7. The van der Waals surface area contributed by atoms with Gasteiger partial charge in [-0.15, -0.1) is 10.2 Å². The van der Waals surface area contributed by atoms with Gasteiger partial charge in [-0.2, -0.15) is 0 Å². The van der Waals surface area contributed by atoms with Crippen LogP contribution in [0.15, 0.2) is 12.4 Å². The molecule has 1 saturated carbocycles. The molecule has 2 unspecified atom stereocenters. The van der Waals surface area contributed by atoms with Gasteiger partial charge >= 0.3 is 0 Å². The predicted octanol–water partition coefficient (Wildman–Crippen LogP) is 2.61. The summed E-state index contributed by atoms with van der Waals surface area (Å²) in [6.07, 6.45) is 5.12. The van der Waals surface area contributed by atoms with Gasteiger partial charge in [0.15, 0.2) is 11.6 Å². The Morgan fingerprint density at radius 3 is 2.52 bits per heavy atom. The van der Waals surface area contributed by atoms with Crippen LogP contribution in [0.5, 0.6) is 0 Å². The second kappa shape index (κ2) is 9.41. The largest absolute Gasteiger partial charge is 0.382 e. The monoisotopic (exact) mass is 500 g/mol. The van der Waals surface area contributed by atoms with E-state index in [0.717, 1.165) is 25.7 Å². The summed E-state index contributed by atoms with van der Waals surface area (Å²) in [5.74, 6) is 0.971. The normalized spacial score (nSPS) is 23.9. The lowest BCUT2D eigenvalue weighted by Gasteiger charge is -2.25. The van der Waals surface area contributed by atoms with E-state index in [1.54, 1.807) is 7.11 Å². The lowest BCUT2D eigenvalue weighted by Crippen LogP contribution is -2.35. The number of nitrogens with zero attached hydrogens (tertiary/aromatic N) is 5. The Kier molecular flexibility index (Phi) is 6.92. The van der Waals surface area contributed by atoms with Crippen molar-refractivity contribution in [2.75, 3.05) is 25.5 Å². The molecule has 2 aromatic heterocycles. The number of hydrogen-bond donors (Lipinski definition) is 1. The molecule has 2 fully saturated rings. The molecule has 2 aromatic rings. The number of rotatable bonds is 10. The zero-order valence-electron chi connectivity index (χ0n) is 19.1. The Bertz CT molecular complexity index is 1080. The molecule has 4 atom stereocenters. The summed E-state index contributed by atoms with van der Waals surface area (Å²) >= 11 is 5.86. The minimum absolute atomic E-state index is 0.111. The fraction of sp³-hybridized carbons (Fsp3) is 0.700. The lowest BCUT2D eigenvalue weighted by molar-refractivity contribution is 0.0443. The average molecular weight is 501 g/mol. The molecular weight excluding hydrogens is 472 g/mol.